The summed E-state index contributed by atoms with van der Waals surface area (Å²) in [5.74, 6) is 0. The van der Waals surface area contributed by atoms with Gasteiger partial charge in [0.2, 0.25) is 0 Å². The molecule has 0 atom stereocenters. The van der Waals surface area contributed by atoms with Crippen molar-refractivity contribution in [3.63, 3.8) is 0 Å². The van der Waals surface area contributed by atoms with Crippen molar-refractivity contribution in [1.29, 1.82) is 0 Å². The van der Waals surface area contributed by atoms with Crippen molar-refractivity contribution < 1.29 is 8.42 Å². The molecule has 106 valence electrons. The average molecular weight is 403 g/mol. The van der Waals surface area contributed by atoms with E-state index >= 15 is 0 Å². The third kappa shape index (κ3) is 3.60. The van der Waals surface area contributed by atoms with Crippen LogP contribution in [0.5, 0.6) is 0 Å². The molecule has 1 aromatic heterocycles. The van der Waals surface area contributed by atoms with Gasteiger partial charge in [-0.2, -0.15) is 8.42 Å². The van der Waals surface area contributed by atoms with Gasteiger partial charge in [-0.1, -0.05) is 0 Å². The van der Waals surface area contributed by atoms with E-state index in [2.05, 4.69) is 37.6 Å². The number of aromatic nitrogens is 1. The molecular formula is C13H14IN3O2S. The van der Waals surface area contributed by atoms with Gasteiger partial charge in [0, 0.05) is 22.0 Å². The van der Waals surface area contributed by atoms with E-state index in [1.165, 1.54) is 6.20 Å². The molecule has 0 bridgehead atoms. The van der Waals surface area contributed by atoms with Gasteiger partial charge >= 0.3 is 0 Å². The molecule has 0 unspecified atom stereocenters. The topological polar surface area (TPSA) is 71.1 Å². The molecule has 5 nitrogen and oxygen atoms in total. The van der Waals surface area contributed by atoms with Crippen LogP contribution in [0.15, 0.2) is 47.6 Å². The summed E-state index contributed by atoms with van der Waals surface area (Å²) < 4.78 is 28.3. The number of pyridine rings is 1. The number of hydrogen-bond donors (Lipinski definition) is 2. The van der Waals surface area contributed by atoms with Crippen molar-refractivity contribution in [2.24, 2.45) is 0 Å². The standard InChI is InChI=1S/C13H14IN3O2S/c1-2-15-12-4-3-9-16-13(12)20(18,19)17-11-7-5-10(14)6-8-11/h3-9,15,17H,2H2,1H3. The Morgan fingerprint density at radius 3 is 2.55 bits per heavy atom. The smallest absolute Gasteiger partial charge is 0.281 e. The monoisotopic (exact) mass is 403 g/mol. The number of benzene rings is 1. The Balaban J connectivity index is 2.33. The highest BCUT2D eigenvalue weighted by Gasteiger charge is 2.19. The molecule has 2 rings (SSSR count). The van der Waals surface area contributed by atoms with Crippen LogP contribution >= 0.6 is 22.6 Å². The van der Waals surface area contributed by atoms with Crippen LogP contribution in [-0.4, -0.2) is 19.9 Å². The molecule has 2 aromatic rings. The molecule has 7 heteroatoms. The summed E-state index contributed by atoms with van der Waals surface area (Å²) in [4.78, 5) is 3.97. The molecule has 1 aromatic carbocycles. The number of hydrogen-bond acceptors (Lipinski definition) is 4. The number of anilines is 2. The fourth-order valence-corrected chi connectivity index (χ4v) is 3.18. The number of nitrogens with one attached hydrogen (secondary N) is 2. The van der Waals surface area contributed by atoms with Crippen molar-refractivity contribution in [2.45, 2.75) is 11.9 Å². The third-order valence-electron chi connectivity index (χ3n) is 2.49. The van der Waals surface area contributed by atoms with E-state index in [9.17, 15) is 8.42 Å². The Bertz CT molecular complexity index is 687. The summed E-state index contributed by atoms with van der Waals surface area (Å²) in [6.07, 6.45) is 1.46. The Morgan fingerprint density at radius 2 is 1.90 bits per heavy atom. The zero-order valence-corrected chi connectivity index (χ0v) is 13.8. The molecule has 20 heavy (non-hydrogen) atoms. The third-order valence-corrected chi connectivity index (χ3v) is 4.55. The first-order valence-electron chi connectivity index (χ1n) is 6.00. The Labute approximate surface area is 132 Å². The predicted octanol–water partition coefficient (Wildman–Crippen LogP) is 2.92. The minimum Gasteiger partial charge on any atom is -0.383 e. The van der Waals surface area contributed by atoms with Gasteiger partial charge < -0.3 is 5.32 Å². The van der Waals surface area contributed by atoms with Gasteiger partial charge in [-0.3, -0.25) is 4.72 Å². The van der Waals surface area contributed by atoms with Crippen LogP contribution in [0.1, 0.15) is 6.92 Å². The summed E-state index contributed by atoms with van der Waals surface area (Å²) >= 11 is 2.16. The van der Waals surface area contributed by atoms with Crippen LogP contribution in [0.3, 0.4) is 0 Å². The maximum Gasteiger partial charge on any atom is 0.281 e. The molecule has 0 aliphatic carbocycles. The molecule has 0 saturated heterocycles. The van der Waals surface area contributed by atoms with Gasteiger partial charge in [-0.05, 0) is 65.9 Å². The summed E-state index contributed by atoms with van der Waals surface area (Å²) in [7, 11) is -3.71. The largest absolute Gasteiger partial charge is 0.383 e. The summed E-state index contributed by atoms with van der Waals surface area (Å²) in [6.45, 7) is 2.52. The lowest BCUT2D eigenvalue weighted by molar-refractivity contribution is 0.598. The van der Waals surface area contributed by atoms with Gasteiger partial charge in [0.15, 0.2) is 5.03 Å². The molecule has 1 heterocycles. The predicted molar refractivity (Wildman–Crippen MR) is 88.4 cm³/mol. The van der Waals surface area contributed by atoms with Crippen LogP contribution in [0, 0.1) is 3.57 Å². The highest BCUT2D eigenvalue weighted by atomic mass is 127. The van der Waals surface area contributed by atoms with Gasteiger partial charge in [0.1, 0.15) is 0 Å². The van der Waals surface area contributed by atoms with E-state index in [1.54, 1.807) is 24.3 Å². The zero-order valence-electron chi connectivity index (χ0n) is 10.8. The second-order valence-electron chi connectivity index (χ2n) is 4.00. The molecule has 0 fully saturated rings. The number of halogens is 1. The second-order valence-corrected chi connectivity index (χ2v) is 6.84. The molecule has 0 amide bonds. The fraction of sp³-hybridized carbons (Fsp3) is 0.154. The van der Waals surface area contributed by atoms with Crippen LogP contribution in [0.2, 0.25) is 0 Å². The summed E-state index contributed by atoms with van der Waals surface area (Å²) in [6, 6.07) is 10.5. The average Bonchev–Trinajstić information content (AvgIpc) is 2.42. The molecule has 0 aliphatic rings. The molecule has 2 N–H and O–H groups in total. The van der Waals surface area contributed by atoms with Crippen molar-refractivity contribution in [2.75, 3.05) is 16.6 Å². The first kappa shape index (κ1) is 15.0. The fourth-order valence-electron chi connectivity index (χ4n) is 1.65. The lowest BCUT2D eigenvalue weighted by atomic mass is 10.3. The molecule has 0 aliphatic heterocycles. The zero-order chi connectivity index (χ0) is 14.6. The lowest BCUT2D eigenvalue weighted by Crippen LogP contribution is -2.17. The maximum absolute atomic E-state index is 12.4. The first-order valence-corrected chi connectivity index (χ1v) is 8.56. The molecule has 0 saturated carbocycles. The van der Waals surface area contributed by atoms with E-state index in [0.29, 0.717) is 17.9 Å². The second kappa shape index (κ2) is 6.40. The minimum absolute atomic E-state index is 0.000370. The minimum atomic E-state index is -3.71. The quantitative estimate of drug-likeness (QED) is 0.754. The van der Waals surface area contributed by atoms with E-state index in [4.69, 9.17) is 0 Å². The molecule has 0 radical (unpaired) electrons. The Hall–Kier alpha value is -1.35. The van der Waals surface area contributed by atoms with E-state index < -0.39 is 10.0 Å². The Kier molecular flexibility index (Phi) is 4.81. The highest BCUT2D eigenvalue weighted by Crippen LogP contribution is 2.21. The van der Waals surface area contributed by atoms with Crippen LogP contribution in [0.4, 0.5) is 11.4 Å². The SMILES string of the molecule is CCNc1cccnc1S(=O)(=O)Nc1ccc(I)cc1. The van der Waals surface area contributed by atoms with Crippen LogP contribution in [-0.2, 0) is 10.0 Å². The van der Waals surface area contributed by atoms with E-state index in [-0.39, 0.29) is 5.03 Å². The first-order chi connectivity index (χ1) is 9.53. The Morgan fingerprint density at radius 1 is 1.20 bits per heavy atom. The van der Waals surface area contributed by atoms with Crippen LogP contribution < -0.4 is 10.0 Å². The van der Waals surface area contributed by atoms with Crippen molar-refractivity contribution in [1.82, 2.24) is 4.98 Å². The number of nitrogens with zero attached hydrogens (tertiary/aromatic N) is 1. The normalized spacial score (nSPS) is 11.1. The van der Waals surface area contributed by atoms with Gasteiger partial charge in [0.25, 0.3) is 10.0 Å². The van der Waals surface area contributed by atoms with Gasteiger partial charge in [0.05, 0.1) is 5.69 Å². The molecular weight excluding hydrogens is 389 g/mol. The van der Waals surface area contributed by atoms with Gasteiger partial charge in [-0.15, -0.1) is 0 Å². The lowest BCUT2D eigenvalue weighted by Gasteiger charge is -2.11. The molecule has 0 spiro atoms. The number of rotatable bonds is 5. The maximum atomic E-state index is 12.4. The summed E-state index contributed by atoms with van der Waals surface area (Å²) in [5, 5.41) is 2.99. The van der Waals surface area contributed by atoms with Crippen molar-refractivity contribution in [3.8, 4) is 0 Å². The summed E-state index contributed by atoms with van der Waals surface area (Å²) in [5.41, 5.74) is 1.01. The van der Waals surface area contributed by atoms with Gasteiger partial charge in [-0.25, -0.2) is 4.98 Å². The van der Waals surface area contributed by atoms with E-state index in [0.717, 1.165) is 3.57 Å². The van der Waals surface area contributed by atoms with Crippen LogP contribution in [0.25, 0.3) is 0 Å². The number of sulfonamides is 1. The van der Waals surface area contributed by atoms with E-state index in [1.807, 2.05) is 19.1 Å². The van der Waals surface area contributed by atoms with Crippen molar-refractivity contribution >= 4 is 44.0 Å². The van der Waals surface area contributed by atoms with Crippen molar-refractivity contribution in [3.05, 3.63) is 46.2 Å². The highest BCUT2D eigenvalue weighted by molar-refractivity contribution is 14.1.